The Bertz CT molecular complexity index is 1070. The first-order valence-electron chi connectivity index (χ1n) is 10.7. The van der Waals surface area contributed by atoms with E-state index >= 15 is 0 Å². The second-order valence-corrected chi connectivity index (χ2v) is 7.75. The number of hydrogen-bond acceptors (Lipinski definition) is 6. The molecule has 0 aliphatic carbocycles. The Labute approximate surface area is 182 Å². The SMILES string of the molecule is CCOc1cc(CN2CCCC(c3cc(=O)[nH]c(-c4cccnc4)n3)C2)ccc1OC. The summed E-state index contributed by atoms with van der Waals surface area (Å²) in [6.45, 7) is 5.26. The van der Waals surface area contributed by atoms with Crippen molar-refractivity contribution >= 4 is 0 Å². The molecule has 0 saturated carbocycles. The minimum Gasteiger partial charge on any atom is -0.493 e. The number of likely N-dealkylation sites (tertiary alicyclic amines) is 1. The first kappa shape index (κ1) is 21.1. The van der Waals surface area contributed by atoms with Crippen molar-refractivity contribution in [3.05, 3.63) is 70.4 Å². The number of aromatic nitrogens is 3. The van der Waals surface area contributed by atoms with Crippen molar-refractivity contribution in [2.24, 2.45) is 0 Å². The smallest absolute Gasteiger partial charge is 0.251 e. The molecule has 162 valence electrons. The molecule has 3 aromatic rings. The molecule has 2 aromatic heterocycles. The second-order valence-electron chi connectivity index (χ2n) is 7.75. The van der Waals surface area contributed by atoms with E-state index in [1.165, 1.54) is 5.56 Å². The van der Waals surface area contributed by atoms with Crippen LogP contribution in [0.2, 0.25) is 0 Å². The minimum atomic E-state index is -0.127. The molecule has 7 heteroatoms. The first-order valence-corrected chi connectivity index (χ1v) is 10.7. The van der Waals surface area contributed by atoms with Crippen LogP contribution in [0.4, 0.5) is 0 Å². The number of benzene rings is 1. The maximum Gasteiger partial charge on any atom is 0.251 e. The van der Waals surface area contributed by atoms with E-state index in [1.807, 2.05) is 25.1 Å². The molecule has 0 radical (unpaired) electrons. The summed E-state index contributed by atoms with van der Waals surface area (Å²) in [5.41, 5.74) is 2.71. The number of ether oxygens (including phenoxy) is 2. The Kier molecular flexibility index (Phi) is 6.62. The van der Waals surface area contributed by atoms with E-state index in [-0.39, 0.29) is 11.5 Å². The molecule has 31 heavy (non-hydrogen) atoms. The summed E-state index contributed by atoms with van der Waals surface area (Å²) in [6, 6.07) is 11.5. The highest BCUT2D eigenvalue weighted by molar-refractivity contribution is 5.52. The second kappa shape index (κ2) is 9.75. The van der Waals surface area contributed by atoms with Gasteiger partial charge in [-0.05, 0) is 56.1 Å². The molecule has 1 aliphatic rings. The maximum absolute atomic E-state index is 12.3. The average molecular weight is 421 g/mol. The Morgan fingerprint density at radius 1 is 1.23 bits per heavy atom. The summed E-state index contributed by atoms with van der Waals surface area (Å²) in [5.74, 6) is 2.31. The van der Waals surface area contributed by atoms with E-state index in [9.17, 15) is 4.79 Å². The molecular weight excluding hydrogens is 392 g/mol. The summed E-state index contributed by atoms with van der Waals surface area (Å²) in [5, 5.41) is 0. The molecule has 1 unspecified atom stereocenters. The highest BCUT2D eigenvalue weighted by Gasteiger charge is 2.24. The highest BCUT2D eigenvalue weighted by atomic mass is 16.5. The first-order chi connectivity index (χ1) is 15.2. The molecular formula is C24H28N4O3. The summed E-state index contributed by atoms with van der Waals surface area (Å²) in [7, 11) is 1.65. The van der Waals surface area contributed by atoms with Crippen LogP contribution in [-0.2, 0) is 6.54 Å². The zero-order chi connectivity index (χ0) is 21.6. The van der Waals surface area contributed by atoms with Gasteiger partial charge in [-0.1, -0.05) is 6.07 Å². The van der Waals surface area contributed by atoms with Crippen LogP contribution in [0.25, 0.3) is 11.4 Å². The molecule has 0 amide bonds. The van der Waals surface area contributed by atoms with Crippen molar-refractivity contribution in [2.75, 3.05) is 26.8 Å². The Morgan fingerprint density at radius 3 is 2.90 bits per heavy atom. The largest absolute Gasteiger partial charge is 0.493 e. The van der Waals surface area contributed by atoms with Crippen LogP contribution < -0.4 is 15.0 Å². The number of H-pyrrole nitrogens is 1. The van der Waals surface area contributed by atoms with Gasteiger partial charge in [0.25, 0.3) is 5.56 Å². The summed E-state index contributed by atoms with van der Waals surface area (Å²) in [6.07, 6.45) is 5.51. The van der Waals surface area contributed by atoms with Gasteiger partial charge in [0.15, 0.2) is 11.5 Å². The fourth-order valence-corrected chi connectivity index (χ4v) is 4.11. The van der Waals surface area contributed by atoms with Crippen LogP contribution >= 0.6 is 0 Å². The fraction of sp³-hybridized carbons (Fsp3) is 0.375. The molecule has 1 atom stereocenters. The summed E-state index contributed by atoms with van der Waals surface area (Å²) in [4.78, 5) is 26.5. The number of aromatic amines is 1. The Hall–Kier alpha value is -3.19. The number of hydrogen-bond donors (Lipinski definition) is 1. The number of rotatable bonds is 7. The number of piperidine rings is 1. The molecule has 1 aromatic carbocycles. The van der Waals surface area contributed by atoms with Crippen molar-refractivity contribution in [1.82, 2.24) is 19.9 Å². The zero-order valence-electron chi connectivity index (χ0n) is 18.0. The summed E-state index contributed by atoms with van der Waals surface area (Å²) >= 11 is 0. The van der Waals surface area contributed by atoms with Gasteiger partial charge >= 0.3 is 0 Å². The topological polar surface area (TPSA) is 80.3 Å². The van der Waals surface area contributed by atoms with Gasteiger partial charge in [-0.3, -0.25) is 14.7 Å². The van der Waals surface area contributed by atoms with Crippen LogP contribution in [0.5, 0.6) is 11.5 Å². The minimum absolute atomic E-state index is 0.127. The van der Waals surface area contributed by atoms with Gasteiger partial charge < -0.3 is 14.5 Å². The zero-order valence-corrected chi connectivity index (χ0v) is 18.0. The van der Waals surface area contributed by atoms with E-state index in [2.05, 4.69) is 27.0 Å². The number of pyridine rings is 1. The third-order valence-electron chi connectivity index (χ3n) is 5.55. The van der Waals surface area contributed by atoms with Crippen molar-refractivity contribution in [1.29, 1.82) is 0 Å². The van der Waals surface area contributed by atoms with Gasteiger partial charge in [0.05, 0.1) is 19.4 Å². The fourth-order valence-electron chi connectivity index (χ4n) is 4.11. The standard InChI is InChI=1S/C24H28N4O3/c1-3-31-22-12-17(8-9-21(22)30-2)15-28-11-5-7-19(16-28)20-13-23(29)27-24(26-20)18-6-4-10-25-14-18/h4,6,8-10,12-14,19H,3,5,7,11,15-16H2,1-2H3,(H,26,27,29). The van der Waals surface area contributed by atoms with Crippen molar-refractivity contribution in [3.63, 3.8) is 0 Å². The lowest BCUT2D eigenvalue weighted by Crippen LogP contribution is -2.34. The van der Waals surface area contributed by atoms with E-state index in [4.69, 9.17) is 14.5 Å². The van der Waals surface area contributed by atoms with Crippen LogP contribution in [-0.4, -0.2) is 46.7 Å². The number of nitrogens with one attached hydrogen (secondary N) is 1. The Morgan fingerprint density at radius 2 is 2.13 bits per heavy atom. The van der Waals surface area contributed by atoms with Gasteiger partial charge in [-0.2, -0.15) is 0 Å². The lowest BCUT2D eigenvalue weighted by atomic mass is 9.94. The maximum atomic E-state index is 12.3. The van der Waals surface area contributed by atoms with Gasteiger partial charge in [-0.25, -0.2) is 4.98 Å². The molecule has 1 N–H and O–H groups in total. The molecule has 0 bridgehead atoms. The number of nitrogens with zero attached hydrogens (tertiary/aromatic N) is 3. The van der Waals surface area contributed by atoms with Gasteiger partial charge in [0.1, 0.15) is 5.82 Å². The lowest BCUT2D eigenvalue weighted by molar-refractivity contribution is 0.198. The summed E-state index contributed by atoms with van der Waals surface area (Å²) < 4.78 is 11.1. The third-order valence-corrected chi connectivity index (χ3v) is 5.55. The van der Waals surface area contributed by atoms with E-state index in [0.717, 1.165) is 55.2 Å². The quantitative estimate of drug-likeness (QED) is 0.629. The molecule has 7 nitrogen and oxygen atoms in total. The van der Waals surface area contributed by atoms with Crippen LogP contribution in [0.1, 0.15) is 36.9 Å². The average Bonchev–Trinajstić information content (AvgIpc) is 2.80. The van der Waals surface area contributed by atoms with E-state index < -0.39 is 0 Å². The molecule has 1 saturated heterocycles. The molecule has 3 heterocycles. The van der Waals surface area contributed by atoms with Crippen LogP contribution in [0.15, 0.2) is 53.6 Å². The van der Waals surface area contributed by atoms with Crippen LogP contribution in [0, 0.1) is 0 Å². The predicted molar refractivity (Wildman–Crippen MR) is 120 cm³/mol. The number of methoxy groups -OCH3 is 1. The normalized spacial score (nSPS) is 16.8. The third kappa shape index (κ3) is 5.11. The van der Waals surface area contributed by atoms with E-state index in [0.29, 0.717) is 12.4 Å². The predicted octanol–water partition coefficient (Wildman–Crippen LogP) is 3.62. The van der Waals surface area contributed by atoms with Gasteiger partial charge in [0.2, 0.25) is 0 Å². The Balaban J connectivity index is 1.51. The monoisotopic (exact) mass is 420 g/mol. The molecule has 0 spiro atoms. The van der Waals surface area contributed by atoms with Crippen molar-refractivity contribution in [2.45, 2.75) is 32.2 Å². The molecule has 4 rings (SSSR count). The van der Waals surface area contributed by atoms with Gasteiger partial charge in [0, 0.05) is 43.0 Å². The lowest BCUT2D eigenvalue weighted by Gasteiger charge is -2.32. The van der Waals surface area contributed by atoms with Crippen LogP contribution in [0.3, 0.4) is 0 Å². The van der Waals surface area contributed by atoms with E-state index in [1.54, 1.807) is 25.6 Å². The molecule has 1 aliphatic heterocycles. The molecule has 1 fully saturated rings. The van der Waals surface area contributed by atoms with Crippen molar-refractivity contribution < 1.29 is 9.47 Å². The van der Waals surface area contributed by atoms with Crippen molar-refractivity contribution in [3.8, 4) is 22.9 Å². The highest BCUT2D eigenvalue weighted by Crippen LogP contribution is 2.31. The van der Waals surface area contributed by atoms with Gasteiger partial charge in [-0.15, -0.1) is 0 Å².